The van der Waals surface area contributed by atoms with E-state index in [-0.39, 0.29) is 5.78 Å². The molecule has 1 fully saturated rings. The predicted octanol–water partition coefficient (Wildman–Crippen LogP) is 2.67. The van der Waals surface area contributed by atoms with Crippen LogP contribution in [0.2, 0.25) is 0 Å². The van der Waals surface area contributed by atoms with Crippen molar-refractivity contribution in [1.29, 1.82) is 0 Å². The number of nitrogens with zero attached hydrogens (tertiary/aromatic N) is 1. The van der Waals surface area contributed by atoms with Gasteiger partial charge in [0.1, 0.15) is 11.6 Å². The fraction of sp³-hybridized carbons (Fsp3) is 0.409. The summed E-state index contributed by atoms with van der Waals surface area (Å²) in [5, 5.41) is 1.18. The van der Waals surface area contributed by atoms with Crippen molar-refractivity contribution < 1.29 is 19.2 Å². The average Bonchev–Trinajstić information content (AvgIpc) is 3.28. The molecular weight excluding hydrogens is 386 g/mol. The second-order valence-electron chi connectivity index (χ2n) is 7.78. The molecule has 1 unspecified atom stereocenters. The first-order chi connectivity index (χ1) is 14.0. The number of quaternary nitrogens is 1. The molecule has 2 aromatic heterocycles. The van der Waals surface area contributed by atoms with Gasteiger partial charge in [0.05, 0.1) is 47.6 Å². The maximum atomic E-state index is 13.0. The molecule has 1 aromatic carbocycles. The number of esters is 1. The van der Waals surface area contributed by atoms with Crippen molar-refractivity contribution in [2.75, 3.05) is 26.7 Å². The standard InChI is InChI=1S/C22H25N3O3S/c1-13-19(22(27)28-3)14(2)23-20(13)17(26)12-25-10-6-7-15(11-25)21-24-16-8-4-5-9-18(16)29-21/h4-5,8-9,15,23H,6-7,10-12H2,1-3H3/p+1/t15-/m0/s1. The fourth-order valence-corrected chi connectivity index (χ4v) is 5.44. The van der Waals surface area contributed by atoms with E-state index < -0.39 is 5.97 Å². The number of nitrogens with one attached hydrogen (secondary N) is 2. The minimum atomic E-state index is -0.406. The van der Waals surface area contributed by atoms with E-state index in [4.69, 9.17) is 9.72 Å². The van der Waals surface area contributed by atoms with Gasteiger partial charge in [0.25, 0.3) is 0 Å². The van der Waals surface area contributed by atoms with Gasteiger partial charge in [0.2, 0.25) is 5.78 Å². The maximum Gasteiger partial charge on any atom is 0.339 e. The van der Waals surface area contributed by atoms with Crippen molar-refractivity contribution in [2.24, 2.45) is 0 Å². The fourth-order valence-electron chi connectivity index (χ4n) is 4.34. The summed E-state index contributed by atoms with van der Waals surface area (Å²) in [6.07, 6.45) is 2.20. The lowest BCUT2D eigenvalue weighted by Crippen LogP contribution is -3.14. The molecule has 0 spiro atoms. The van der Waals surface area contributed by atoms with Crippen LogP contribution in [0, 0.1) is 13.8 Å². The Bertz CT molecular complexity index is 1040. The molecule has 0 saturated carbocycles. The molecule has 0 radical (unpaired) electrons. The number of fused-ring (bicyclic) bond motifs is 1. The molecule has 0 bridgehead atoms. The van der Waals surface area contributed by atoms with Crippen LogP contribution in [0.25, 0.3) is 10.2 Å². The number of carbonyl (C=O) groups is 2. The predicted molar refractivity (Wildman–Crippen MR) is 113 cm³/mol. The lowest BCUT2D eigenvalue weighted by atomic mass is 9.98. The van der Waals surface area contributed by atoms with Crippen LogP contribution in [0.5, 0.6) is 0 Å². The number of H-pyrrole nitrogens is 1. The van der Waals surface area contributed by atoms with Crippen molar-refractivity contribution in [3.63, 3.8) is 0 Å². The van der Waals surface area contributed by atoms with Crippen LogP contribution in [0.3, 0.4) is 0 Å². The smallest absolute Gasteiger partial charge is 0.339 e. The van der Waals surface area contributed by atoms with Gasteiger partial charge in [-0.1, -0.05) is 12.1 Å². The zero-order chi connectivity index (χ0) is 20.5. The van der Waals surface area contributed by atoms with E-state index in [1.54, 1.807) is 25.2 Å². The highest BCUT2D eigenvalue weighted by Gasteiger charge is 2.30. The second kappa shape index (κ2) is 8.08. The SMILES string of the molecule is COC(=O)c1c(C)[nH]c(C(=O)C[NH+]2CCC[C@H](c3nc4ccccc4s3)C2)c1C. The van der Waals surface area contributed by atoms with Gasteiger partial charge in [-0.05, 0) is 44.4 Å². The normalized spacial score (nSPS) is 19.4. The summed E-state index contributed by atoms with van der Waals surface area (Å²) >= 11 is 1.77. The van der Waals surface area contributed by atoms with Gasteiger partial charge in [0.15, 0.2) is 0 Å². The Morgan fingerprint density at radius 2 is 2.10 bits per heavy atom. The van der Waals surface area contributed by atoms with Gasteiger partial charge in [-0.25, -0.2) is 9.78 Å². The Morgan fingerprint density at radius 3 is 2.86 bits per heavy atom. The maximum absolute atomic E-state index is 13.0. The summed E-state index contributed by atoms with van der Waals surface area (Å²) in [5.74, 6) is 0.0262. The van der Waals surface area contributed by atoms with Crippen LogP contribution in [-0.4, -0.2) is 48.5 Å². The molecule has 2 atom stereocenters. The number of aromatic nitrogens is 2. The minimum Gasteiger partial charge on any atom is -0.465 e. The zero-order valence-corrected chi connectivity index (χ0v) is 17.8. The van der Waals surface area contributed by atoms with E-state index >= 15 is 0 Å². The number of ketones is 1. The third kappa shape index (κ3) is 3.84. The van der Waals surface area contributed by atoms with E-state index in [9.17, 15) is 9.59 Å². The molecule has 3 heterocycles. The Morgan fingerprint density at radius 1 is 1.31 bits per heavy atom. The Labute approximate surface area is 173 Å². The number of ether oxygens (including phenoxy) is 1. The molecule has 1 aliphatic heterocycles. The Balaban J connectivity index is 1.48. The number of hydrogen-bond donors (Lipinski definition) is 2. The van der Waals surface area contributed by atoms with Crippen molar-refractivity contribution in [2.45, 2.75) is 32.6 Å². The number of aryl methyl sites for hydroxylation is 1. The summed E-state index contributed by atoms with van der Waals surface area (Å²) < 4.78 is 6.07. The highest BCUT2D eigenvalue weighted by molar-refractivity contribution is 7.18. The molecular formula is C22H26N3O3S+. The van der Waals surface area contributed by atoms with Gasteiger partial charge in [-0.2, -0.15) is 0 Å². The van der Waals surface area contributed by atoms with E-state index in [0.717, 1.165) is 31.4 Å². The van der Waals surface area contributed by atoms with Crippen LogP contribution in [-0.2, 0) is 4.74 Å². The largest absolute Gasteiger partial charge is 0.465 e. The first-order valence-corrected chi connectivity index (χ1v) is 10.8. The first-order valence-electron chi connectivity index (χ1n) is 9.97. The Hall–Kier alpha value is -2.51. The number of piperidine rings is 1. The molecule has 29 heavy (non-hydrogen) atoms. The molecule has 152 valence electrons. The quantitative estimate of drug-likeness (QED) is 0.499. The summed E-state index contributed by atoms with van der Waals surface area (Å²) in [5.41, 5.74) is 3.41. The molecule has 0 amide bonds. The molecule has 6 nitrogen and oxygen atoms in total. The minimum absolute atomic E-state index is 0.0423. The second-order valence-corrected chi connectivity index (χ2v) is 8.84. The summed E-state index contributed by atoms with van der Waals surface area (Å²) in [7, 11) is 1.36. The van der Waals surface area contributed by atoms with Crippen LogP contribution < -0.4 is 4.90 Å². The summed E-state index contributed by atoms with van der Waals surface area (Å²) in [6, 6.07) is 8.24. The highest BCUT2D eigenvalue weighted by Crippen LogP contribution is 2.30. The molecule has 1 aliphatic rings. The van der Waals surface area contributed by atoms with E-state index in [1.807, 2.05) is 12.1 Å². The molecule has 3 aromatic rings. The molecule has 1 saturated heterocycles. The summed E-state index contributed by atoms with van der Waals surface area (Å²) in [6.45, 7) is 5.91. The van der Waals surface area contributed by atoms with Crippen molar-refractivity contribution in [1.82, 2.24) is 9.97 Å². The van der Waals surface area contributed by atoms with Gasteiger partial charge in [-0.15, -0.1) is 11.3 Å². The van der Waals surface area contributed by atoms with E-state index in [1.165, 1.54) is 21.7 Å². The number of likely N-dealkylation sites (tertiary alicyclic amines) is 1. The van der Waals surface area contributed by atoms with Gasteiger partial charge >= 0.3 is 5.97 Å². The van der Waals surface area contributed by atoms with Gasteiger partial charge in [-0.3, -0.25) is 4.79 Å². The van der Waals surface area contributed by atoms with Crippen LogP contribution in [0.15, 0.2) is 24.3 Å². The third-order valence-corrected chi connectivity index (χ3v) is 6.99. The molecule has 4 rings (SSSR count). The topological polar surface area (TPSA) is 76.5 Å². The lowest BCUT2D eigenvalue weighted by molar-refractivity contribution is -0.897. The van der Waals surface area contributed by atoms with Crippen molar-refractivity contribution >= 4 is 33.3 Å². The first kappa shape index (κ1) is 19.8. The van der Waals surface area contributed by atoms with Crippen LogP contribution in [0.4, 0.5) is 0 Å². The number of thiazole rings is 1. The van der Waals surface area contributed by atoms with Crippen LogP contribution >= 0.6 is 11.3 Å². The number of para-hydroxylation sites is 1. The monoisotopic (exact) mass is 412 g/mol. The number of aromatic amines is 1. The van der Waals surface area contributed by atoms with E-state index in [0.29, 0.717) is 35.0 Å². The lowest BCUT2D eigenvalue weighted by Gasteiger charge is -2.28. The number of rotatable bonds is 5. The van der Waals surface area contributed by atoms with Crippen molar-refractivity contribution in [3.05, 3.63) is 51.8 Å². The molecule has 0 aliphatic carbocycles. The van der Waals surface area contributed by atoms with E-state index in [2.05, 4.69) is 17.1 Å². The number of benzene rings is 1. The van der Waals surface area contributed by atoms with Gasteiger partial charge in [0, 0.05) is 5.69 Å². The summed E-state index contributed by atoms with van der Waals surface area (Å²) in [4.78, 5) is 34.2. The molecule has 2 N–H and O–H groups in total. The molecule has 7 heteroatoms. The number of methoxy groups -OCH3 is 1. The number of Topliss-reactive ketones (excluding diaryl/α,β-unsaturated/α-hetero) is 1. The third-order valence-electron chi connectivity index (χ3n) is 5.79. The van der Waals surface area contributed by atoms with Gasteiger partial charge < -0.3 is 14.6 Å². The van der Waals surface area contributed by atoms with Crippen molar-refractivity contribution in [3.8, 4) is 0 Å². The zero-order valence-electron chi connectivity index (χ0n) is 17.0. The number of hydrogen-bond acceptors (Lipinski definition) is 5. The average molecular weight is 413 g/mol. The highest BCUT2D eigenvalue weighted by atomic mass is 32.1. The van der Waals surface area contributed by atoms with Crippen LogP contribution in [0.1, 0.15) is 55.9 Å². The Kier molecular flexibility index (Phi) is 5.52. The number of carbonyl (C=O) groups excluding carboxylic acids is 2.